The van der Waals surface area contributed by atoms with Crippen molar-refractivity contribution in [2.24, 2.45) is 0 Å². The quantitative estimate of drug-likeness (QED) is 0.644. The van der Waals surface area contributed by atoms with Crippen LogP contribution in [0.2, 0.25) is 0 Å². The minimum absolute atomic E-state index is 0.0152. The predicted octanol–water partition coefficient (Wildman–Crippen LogP) is 1.85. The second-order valence-corrected chi connectivity index (χ2v) is 6.46. The lowest BCUT2D eigenvalue weighted by Crippen LogP contribution is -2.46. The van der Waals surface area contributed by atoms with Crippen molar-refractivity contribution in [3.8, 4) is 0 Å². The molecule has 0 aliphatic heterocycles. The average Bonchev–Trinajstić information content (AvgIpc) is 3.03. The maximum atomic E-state index is 11.8. The maximum Gasteiger partial charge on any atom is 0.315 e. The molecule has 1 aromatic heterocycles. The van der Waals surface area contributed by atoms with Gasteiger partial charge < -0.3 is 20.9 Å². The number of H-pyrrole nitrogens is 1. The zero-order valence-corrected chi connectivity index (χ0v) is 14.3. The van der Waals surface area contributed by atoms with Gasteiger partial charge in [-0.25, -0.2) is 9.78 Å². The Labute approximate surface area is 147 Å². The third kappa shape index (κ3) is 5.20. The summed E-state index contributed by atoms with van der Waals surface area (Å²) in [5.74, 6) is 0.638. The van der Waals surface area contributed by atoms with Gasteiger partial charge >= 0.3 is 6.03 Å². The van der Waals surface area contributed by atoms with Gasteiger partial charge in [0.25, 0.3) is 0 Å². The van der Waals surface area contributed by atoms with E-state index in [1.54, 1.807) is 0 Å². The molecule has 0 spiro atoms. The molecular weight excluding hydrogens is 318 g/mol. The van der Waals surface area contributed by atoms with Gasteiger partial charge in [-0.2, -0.15) is 0 Å². The van der Waals surface area contributed by atoms with Gasteiger partial charge in [0.15, 0.2) is 0 Å². The van der Waals surface area contributed by atoms with Crippen LogP contribution < -0.4 is 16.0 Å². The summed E-state index contributed by atoms with van der Waals surface area (Å²) >= 11 is 0. The Morgan fingerprint density at radius 3 is 2.72 bits per heavy atom. The van der Waals surface area contributed by atoms with Crippen LogP contribution in [0.3, 0.4) is 0 Å². The molecule has 0 radical (unpaired) electrons. The van der Waals surface area contributed by atoms with Crippen molar-refractivity contribution in [3.63, 3.8) is 0 Å². The number of rotatable bonds is 6. The molecule has 1 saturated carbocycles. The molecule has 0 unspecified atom stereocenters. The Hall–Kier alpha value is -2.57. The number of nitrogens with zero attached hydrogens (tertiary/aromatic N) is 1. The lowest BCUT2D eigenvalue weighted by Gasteiger charge is -2.22. The van der Waals surface area contributed by atoms with E-state index >= 15 is 0 Å². The van der Waals surface area contributed by atoms with Crippen LogP contribution in [0.25, 0.3) is 11.0 Å². The van der Waals surface area contributed by atoms with Gasteiger partial charge in [-0.1, -0.05) is 31.4 Å². The van der Waals surface area contributed by atoms with Gasteiger partial charge in [-0.15, -0.1) is 0 Å². The van der Waals surface area contributed by atoms with Crippen molar-refractivity contribution in [2.45, 2.75) is 44.6 Å². The van der Waals surface area contributed by atoms with E-state index < -0.39 is 0 Å². The molecule has 1 fully saturated rings. The van der Waals surface area contributed by atoms with E-state index in [-0.39, 0.29) is 24.5 Å². The van der Waals surface area contributed by atoms with Gasteiger partial charge in [0.1, 0.15) is 5.82 Å². The largest absolute Gasteiger partial charge is 0.354 e. The number of urea groups is 1. The number of carbonyl (C=O) groups is 2. The number of imidazole rings is 1. The molecule has 4 N–H and O–H groups in total. The fourth-order valence-corrected chi connectivity index (χ4v) is 3.15. The number of nitrogens with one attached hydrogen (secondary N) is 4. The van der Waals surface area contributed by atoms with Crippen LogP contribution in [0, 0.1) is 0 Å². The topological polar surface area (TPSA) is 98.9 Å². The number of amides is 3. The molecular formula is C18H25N5O2. The first-order valence-electron chi connectivity index (χ1n) is 8.95. The summed E-state index contributed by atoms with van der Waals surface area (Å²) in [6, 6.07) is 7.79. The second-order valence-electron chi connectivity index (χ2n) is 6.46. The summed E-state index contributed by atoms with van der Waals surface area (Å²) in [5, 5.41) is 8.33. The van der Waals surface area contributed by atoms with Crippen molar-refractivity contribution in [1.29, 1.82) is 0 Å². The smallest absolute Gasteiger partial charge is 0.315 e. The molecule has 3 amide bonds. The van der Waals surface area contributed by atoms with Gasteiger partial charge in [-0.3, -0.25) is 4.79 Å². The number of aromatic amines is 1. The minimum Gasteiger partial charge on any atom is -0.354 e. The number of aromatic nitrogens is 2. The Morgan fingerprint density at radius 2 is 1.92 bits per heavy atom. The molecule has 1 heterocycles. The normalized spacial score (nSPS) is 15.0. The zero-order chi connectivity index (χ0) is 17.5. The Kier molecular flexibility index (Phi) is 5.87. The van der Waals surface area contributed by atoms with Crippen molar-refractivity contribution >= 4 is 23.0 Å². The molecule has 7 heteroatoms. The van der Waals surface area contributed by atoms with Gasteiger partial charge in [0.2, 0.25) is 5.91 Å². The first-order valence-corrected chi connectivity index (χ1v) is 8.95. The third-order valence-electron chi connectivity index (χ3n) is 4.47. The summed E-state index contributed by atoms with van der Waals surface area (Å²) in [4.78, 5) is 31.3. The molecule has 2 aromatic rings. The van der Waals surface area contributed by atoms with Crippen molar-refractivity contribution in [1.82, 2.24) is 25.9 Å². The highest BCUT2D eigenvalue weighted by molar-refractivity contribution is 5.84. The van der Waals surface area contributed by atoms with Gasteiger partial charge in [0, 0.05) is 19.0 Å². The molecule has 134 valence electrons. The number of hydrogen-bond donors (Lipinski definition) is 4. The summed E-state index contributed by atoms with van der Waals surface area (Å²) in [7, 11) is 0. The van der Waals surface area contributed by atoms with E-state index in [4.69, 9.17) is 0 Å². The molecule has 7 nitrogen and oxygen atoms in total. The number of hydrogen-bond acceptors (Lipinski definition) is 3. The third-order valence-corrected chi connectivity index (χ3v) is 4.47. The monoisotopic (exact) mass is 343 g/mol. The molecule has 25 heavy (non-hydrogen) atoms. The molecule has 1 aromatic carbocycles. The second kappa shape index (κ2) is 8.50. The Morgan fingerprint density at radius 1 is 1.12 bits per heavy atom. The maximum absolute atomic E-state index is 11.8. The molecule has 0 saturated heterocycles. The van der Waals surface area contributed by atoms with Crippen LogP contribution in [-0.2, 0) is 11.2 Å². The van der Waals surface area contributed by atoms with E-state index in [2.05, 4.69) is 25.9 Å². The first kappa shape index (κ1) is 17.3. The van der Waals surface area contributed by atoms with Crippen molar-refractivity contribution in [3.05, 3.63) is 30.1 Å². The fourth-order valence-electron chi connectivity index (χ4n) is 3.15. The number of carbonyl (C=O) groups excluding carboxylic acids is 2. The average molecular weight is 343 g/mol. The number of benzene rings is 1. The lowest BCUT2D eigenvalue weighted by molar-refractivity contribution is -0.120. The van der Waals surface area contributed by atoms with Crippen LogP contribution >= 0.6 is 0 Å². The SMILES string of the molecule is O=C(CNC(=O)NC1CCCCC1)NCCc1nc2ccccc2[nH]1. The first-order chi connectivity index (χ1) is 12.2. The Balaban J connectivity index is 1.33. The standard InChI is InChI=1S/C18H25N5O2/c24-17(12-20-18(25)21-13-6-2-1-3-7-13)19-11-10-16-22-14-8-4-5-9-15(14)23-16/h4-5,8-9,13H,1-3,6-7,10-12H2,(H,19,24)(H,22,23)(H2,20,21,25). The van der Waals surface area contributed by atoms with Crippen LogP contribution in [0.4, 0.5) is 4.79 Å². The summed E-state index contributed by atoms with van der Waals surface area (Å²) in [5.41, 5.74) is 1.91. The van der Waals surface area contributed by atoms with Crippen LogP contribution in [0.5, 0.6) is 0 Å². The zero-order valence-electron chi connectivity index (χ0n) is 14.3. The van der Waals surface area contributed by atoms with Crippen LogP contribution in [0.1, 0.15) is 37.9 Å². The van der Waals surface area contributed by atoms with Gasteiger partial charge in [-0.05, 0) is 25.0 Å². The summed E-state index contributed by atoms with van der Waals surface area (Å²) in [6.07, 6.45) is 6.23. The van der Waals surface area contributed by atoms with E-state index in [0.717, 1.165) is 42.5 Å². The predicted molar refractivity (Wildman–Crippen MR) is 96.2 cm³/mol. The molecule has 1 aliphatic rings. The van der Waals surface area contributed by atoms with E-state index in [0.29, 0.717) is 13.0 Å². The summed E-state index contributed by atoms with van der Waals surface area (Å²) < 4.78 is 0. The number of para-hydroxylation sites is 2. The van der Waals surface area contributed by atoms with Crippen LogP contribution in [0.15, 0.2) is 24.3 Å². The van der Waals surface area contributed by atoms with E-state index in [9.17, 15) is 9.59 Å². The molecule has 0 bridgehead atoms. The highest BCUT2D eigenvalue weighted by Crippen LogP contribution is 2.17. The highest BCUT2D eigenvalue weighted by atomic mass is 16.2. The van der Waals surface area contributed by atoms with Crippen molar-refractivity contribution in [2.75, 3.05) is 13.1 Å². The highest BCUT2D eigenvalue weighted by Gasteiger charge is 2.15. The lowest BCUT2D eigenvalue weighted by atomic mass is 9.96. The molecule has 1 aliphatic carbocycles. The summed E-state index contributed by atoms with van der Waals surface area (Å²) in [6.45, 7) is 0.462. The Bertz CT molecular complexity index is 688. The molecule has 0 atom stereocenters. The van der Waals surface area contributed by atoms with Crippen LogP contribution in [-0.4, -0.2) is 41.0 Å². The van der Waals surface area contributed by atoms with E-state index in [1.165, 1.54) is 6.42 Å². The number of fused-ring (bicyclic) bond motifs is 1. The minimum atomic E-state index is -0.265. The molecule has 3 rings (SSSR count). The van der Waals surface area contributed by atoms with Crippen molar-refractivity contribution < 1.29 is 9.59 Å². The van der Waals surface area contributed by atoms with E-state index in [1.807, 2.05) is 24.3 Å². The fraction of sp³-hybridized carbons (Fsp3) is 0.500. The van der Waals surface area contributed by atoms with Gasteiger partial charge in [0.05, 0.1) is 17.6 Å².